The lowest BCUT2D eigenvalue weighted by atomic mass is 10.1. The van der Waals surface area contributed by atoms with Crippen molar-refractivity contribution in [2.24, 2.45) is 11.7 Å². The van der Waals surface area contributed by atoms with Gasteiger partial charge in [-0.1, -0.05) is 6.92 Å². The van der Waals surface area contributed by atoms with E-state index >= 15 is 0 Å². The molecule has 1 rings (SSSR count). The number of carbonyl (C=O) groups excluding carboxylic acids is 1. The van der Waals surface area contributed by atoms with Crippen molar-refractivity contribution in [1.29, 1.82) is 0 Å². The lowest BCUT2D eigenvalue weighted by Crippen LogP contribution is -2.39. The third kappa shape index (κ3) is 4.01. The van der Waals surface area contributed by atoms with Gasteiger partial charge in [-0.15, -0.1) is 0 Å². The summed E-state index contributed by atoms with van der Waals surface area (Å²) in [6, 6.07) is 2.25. The molecule has 2 atom stereocenters. The van der Waals surface area contributed by atoms with E-state index in [1.54, 1.807) is 11.3 Å². The molecule has 0 saturated heterocycles. The van der Waals surface area contributed by atoms with Crippen molar-refractivity contribution in [2.75, 3.05) is 6.54 Å². The Morgan fingerprint density at radius 1 is 1.60 bits per heavy atom. The Kier molecular flexibility index (Phi) is 4.78. The van der Waals surface area contributed by atoms with Crippen LogP contribution in [0.25, 0.3) is 0 Å². The van der Waals surface area contributed by atoms with E-state index in [1.807, 2.05) is 19.2 Å². The zero-order valence-electron chi connectivity index (χ0n) is 9.19. The first-order valence-electron chi connectivity index (χ1n) is 5.15. The number of hydrogen-bond donors (Lipinski definition) is 2. The first-order valence-corrected chi connectivity index (χ1v) is 6.09. The van der Waals surface area contributed by atoms with Crippen LogP contribution >= 0.6 is 11.3 Å². The Hall–Kier alpha value is -0.870. The van der Waals surface area contributed by atoms with Gasteiger partial charge in [0.15, 0.2) is 0 Å². The Morgan fingerprint density at radius 2 is 2.33 bits per heavy atom. The van der Waals surface area contributed by atoms with Crippen LogP contribution in [0.1, 0.15) is 19.4 Å². The number of thiophene rings is 1. The molecule has 1 aromatic heterocycles. The molecule has 0 saturated carbocycles. The molecule has 0 aliphatic carbocycles. The molecule has 1 aromatic rings. The van der Waals surface area contributed by atoms with Crippen LogP contribution in [0, 0.1) is 5.92 Å². The van der Waals surface area contributed by atoms with Gasteiger partial charge in [0.05, 0.1) is 0 Å². The molecular formula is C11H18N2OS. The topological polar surface area (TPSA) is 55.1 Å². The highest BCUT2D eigenvalue weighted by molar-refractivity contribution is 7.07. The van der Waals surface area contributed by atoms with Gasteiger partial charge >= 0.3 is 0 Å². The standard InChI is InChI=1S/C11H18N2OS/c1-8(6-12)11(14)13-9(2)5-10-3-4-15-7-10/h3-4,7-9H,5-6,12H2,1-2H3,(H,13,14). The molecule has 15 heavy (non-hydrogen) atoms. The van der Waals surface area contributed by atoms with Gasteiger partial charge in [0, 0.05) is 18.5 Å². The molecule has 0 fully saturated rings. The van der Waals surface area contributed by atoms with Crippen LogP contribution in [0.5, 0.6) is 0 Å². The molecule has 3 nitrogen and oxygen atoms in total. The Morgan fingerprint density at radius 3 is 2.87 bits per heavy atom. The third-order valence-electron chi connectivity index (χ3n) is 2.31. The summed E-state index contributed by atoms with van der Waals surface area (Å²) in [5.74, 6) is -0.0600. The van der Waals surface area contributed by atoms with Crippen molar-refractivity contribution < 1.29 is 4.79 Å². The number of amides is 1. The molecule has 1 heterocycles. The highest BCUT2D eigenvalue weighted by atomic mass is 32.1. The van der Waals surface area contributed by atoms with E-state index in [1.165, 1.54) is 5.56 Å². The maximum absolute atomic E-state index is 11.5. The predicted molar refractivity (Wildman–Crippen MR) is 63.8 cm³/mol. The molecular weight excluding hydrogens is 208 g/mol. The fraction of sp³-hybridized carbons (Fsp3) is 0.545. The second kappa shape index (κ2) is 5.88. The number of hydrogen-bond acceptors (Lipinski definition) is 3. The van der Waals surface area contributed by atoms with Crippen molar-refractivity contribution in [1.82, 2.24) is 5.32 Å². The van der Waals surface area contributed by atoms with Gasteiger partial charge in [0.2, 0.25) is 5.91 Å². The smallest absolute Gasteiger partial charge is 0.224 e. The Balaban J connectivity index is 2.36. The van der Waals surface area contributed by atoms with Gasteiger partial charge < -0.3 is 11.1 Å². The first kappa shape index (κ1) is 12.2. The largest absolute Gasteiger partial charge is 0.353 e. The van der Waals surface area contributed by atoms with Gasteiger partial charge in [0.1, 0.15) is 0 Å². The van der Waals surface area contributed by atoms with E-state index in [2.05, 4.69) is 16.8 Å². The van der Waals surface area contributed by atoms with Gasteiger partial charge in [-0.25, -0.2) is 0 Å². The van der Waals surface area contributed by atoms with E-state index < -0.39 is 0 Å². The van der Waals surface area contributed by atoms with Crippen LogP contribution in [-0.2, 0) is 11.2 Å². The zero-order chi connectivity index (χ0) is 11.3. The van der Waals surface area contributed by atoms with Gasteiger partial charge in [-0.05, 0) is 35.7 Å². The second-order valence-electron chi connectivity index (χ2n) is 3.88. The number of nitrogens with one attached hydrogen (secondary N) is 1. The average Bonchev–Trinajstić information content (AvgIpc) is 2.68. The summed E-state index contributed by atoms with van der Waals surface area (Å²) < 4.78 is 0. The van der Waals surface area contributed by atoms with Crippen molar-refractivity contribution in [3.05, 3.63) is 22.4 Å². The molecule has 0 aliphatic rings. The van der Waals surface area contributed by atoms with Crippen LogP contribution in [0.15, 0.2) is 16.8 Å². The molecule has 84 valence electrons. The molecule has 0 spiro atoms. The van der Waals surface area contributed by atoms with Crippen molar-refractivity contribution in [2.45, 2.75) is 26.3 Å². The van der Waals surface area contributed by atoms with E-state index in [-0.39, 0.29) is 17.9 Å². The lowest BCUT2D eigenvalue weighted by Gasteiger charge is -2.16. The van der Waals surface area contributed by atoms with Gasteiger partial charge in [0.25, 0.3) is 0 Å². The van der Waals surface area contributed by atoms with Gasteiger partial charge in [-0.2, -0.15) is 11.3 Å². The minimum Gasteiger partial charge on any atom is -0.353 e. The lowest BCUT2D eigenvalue weighted by molar-refractivity contribution is -0.124. The fourth-order valence-electron chi connectivity index (χ4n) is 1.31. The Bertz CT molecular complexity index is 298. The molecule has 0 bridgehead atoms. The van der Waals surface area contributed by atoms with Crippen molar-refractivity contribution >= 4 is 17.2 Å². The van der Waals surface area contributed by atoms with Crippen LogP contribution in [0.2, 0.25) is 0 Å². The molecule has 4 heteroatoms. The summed E-state index contributed by atoms with van der Waals surface area (Å²) >= 11 is 1.68. The van der Waals surface area contributed by atoms with E-state index in [0.717, 1.165) is 6.42 Å². The summed E-state index contributed by atoms with van der Waals surface area (Å²) in [7, 11) is 0. The van der Waals surface area contributed by atoms with Crippen molar-refractivity contribution in [3.63, 3.8) is 0 Å². The number of rotatable bonds is 5. The molecule has 1 amide bonds. The molecule has 0 aliphatic heterocycles. The van der Waals surface area contributed by atoms with Crippen LogP contribution in [-0.4, -0.2) is 18.5 Å². The number of nitrogens with two attached hydrogens (primary N) is 1. The Labute approximate surface area is 94.7 Å². The summed E-state index contributed by atoms with van der Waals surface area (Å²) in [5.41, 5.74) is 6.70. The molecule has 0 radical (unpaired) electrons. The summed E-state index contributed by atoms with van der Waals surface area (Å²) in [6.07, 6.45) is 0.881. The minimum absolute atomic E-state index is 0.0419. The molecule has 3 N–H and O–H groups in total. The summed E-state index contributed by atoms with van der Waals surface area (Å²) in [5, 5.41) is 7.11. The predicted octanol–water partition coefficient (Wildman–Crippen LogP) is 1.39. The van der Waals surface area contributed by atoms with Crippen LogP contribution in [0.4, 0.5) is 0 Å². The highest BCUT2D eigenvalue weighted by Gasteiger charge is 2.13. The monoisotopic (exact) mass is 226 g/mol. The average molecular weight is 226 g/mol. The van der Waals surface area contributed by atoms with Crippen LogP contribution < -0.4 is 11.1 Å². The SMILES string of the molecule is CC(Cc1ccsc1)NC(=O)C(C)CN. The van der Waals surface area contributed by atoms with E-state index in [0.29, 0.717) is 6.54 Å². The van der Waals surface area contributed by atoms with E-state index in [4.69, 9.17) is 5.73 Å². The van der Waals surface area contributed by atoms with Gasteiger partial charge in [-0.3, -0.25) is 4.79 Å². The number of carbonyl (C=O) groups is 1. The molecule has 0 aromatic carbocycles. The quantitative estimate of drug-likeness (QED) is 0.797. The van der Waals surface area contributed by atoms with E-state index in [9.17, 15) is 4.79 Å². The minimum atomic E-state index is -0.102. The normalized spacial score (nSPS) is 14.6. The maximum Gasteiger partial charge on any atom is 0.224 e. The highest BCUT2D eigenvalue weighted by Crippen LogP contribution is 2.08. The third-order valence-corrected chi connectivity index (χ3v) is 3.04. The fourth-order valence-corrected chi connectivity index (χ4v) is 1.99. The molecule has 2 unspecified atom stereocenters. The zero-order valence-corrected chi connectivity index (χ0v) is 10.0. The first-order chi connectivity index (χ1) is 7.13. The second-order valence-corrected chi connectivity index (χ2v) is 4.66. The van der Waals surface area contributed by atoms with Crippen LogP contribution in [0.3, 0.4) is 0 Å². The van der Waals surface area contributed by atoms with Crippen molar-refractivity contribution in [3.8, 4) is 0 Å². The summed E-state index contributed by atoms with van der Waals surface area (Å²) in [6.45, 7) is 4.25. The maximum atomic E-state index is 11.5. The summed E-state index contributed by atoms with van der Waals surface area (Å²) in [4.78, 5) is 11.5.